The number of carbonyl (C=O) groups excluding carboxylic acids is 2. The minimum absolute atomic E-state index is 0.0664. The van der Waals surface area contributed by atoms with E-state index in [9.17, 15) is 32.7 Å². The van der Waals surface area contributed by atoms with E-state index >= 15 is 0 Å². The molecule has 0 aromatic heterocycles. The number of carboxylic acids is 1. The average Bonchev–Trinajstić information content (AvgIpc) is 2.99. The molecule has 1 fully saturated rings. The normalized spacial score (nSPS) is 14.5. The van der Waals surface area contributed by atoms with Gasteiger partial charge in [-0.05, 0) is 71.8 Å². The van der Waals surface area contributed by atoms with Gasteiger partial charge in [-0.25, -0.2) is 4.79 Å². The van der Waals surface area contributed by atoms with Gasteiger partial charge in [-0.1, -0.05) is 55.7 Å². The number of nitrogens with one attached hydrogen (secondary N) is 1. The summed E-state index contributed by atoms with van der Waals surface area (Å²) in [6.07, 6.45) is -0.713. The van der Waals surface area contributed by atoms with E-state index in [1.165, 1.54) is 61.2 Å². The number of carbonyl (C=O) groups is 3. The number of nitrogens with zero attached hydrogens (tertiary/aromatic N) is 1. The Balaban J connectivity index is 1.50. The SMILES string of the molecule is O=C(NCC(O)C(=O)O)c1ccc(CN(C(=O)Cc2ccc(OC(F)(F)F)cc2)c2ccc(C3CCCCC3)cc2)cc1. The lowest BCUT2D eigenvalue weighted by Crippen LogP contribution is -2.36. The topological polar surface area (TPSA) is 116 Å². The molecule has 1 unspecified atom stereocenters. The van der Waals surface area contributed by atoms with Crippen LogP contribution in [0.25, 0.3) is 0 Å². The molecule has 1 saturated carbocycles. The van der Waals surface area contributed by atoms with Crippen molar-refractivity contribution in [3.63, 3.8) is 0 Å². The smallest absolute Gasteiger partial charge is 0.479 e. The van der Waals surface area contributed by atoms with Crippen LogP contribution in [0.1, 0.15) is 65.1 Å². The summed E-state index contributed by atoms with van der Waals surface area (Å²) < 4.78 is 41.5. The van der Waals surface area contributed by atoms with E-state index in [1.807, 2.05) is 24.3 Å². The Morgan fingerprint density at radius 2 is 1.49 bits per heavy atom. The number of benzene rings is 3. The number of anilines is 1. The molecular weight excluding hydrogens is 565 g/mol. The molecule has 0 aliphatic heterocycles. The third kappa shape index (κ3) is 9.31. The highest BCUT2D eigenvalue weighted by Crippen LogP contribution is 2.34. The standard InChI is InChI=1S/C32H33F3N2O6/c33-32(34,35)43-27-16-8-21(9-17-27)18-29(39)37(26-14-12-24(13-15-26)23-4-2-1-3-5-23)20-22-6-10-25(11-7-22)30(40)36-19-28(38)31(41)42/h6-17,23,28,38H,1-5,18-20H2,(H,36,40)(H,41,42). The van der Waals surface area contributed by atoms with E-state index in [4.69, 9.17) is 5.11 Å². The number of aliphatic carboxylic acids is 1. The van der Waals surface area contributed by atoms with Crippen LogP contribution in [0.3, 0.4) is 0 Å². The Morgan fingerprint density at radius 1 is 0.884 bits per heavy atom. The number of hydrogen-bond acceptors (Lipinski definition) is 5. The van der Waals surface area contributed by atoms with Crippen LogP contribution in [0.5, 0.6) is 5.75 Å². The van der Waals surface area contributed by atoms with Crippen LogP contribution >= 0.6 is 0 Å². The highest BCUT2D eigenvalue weighted by molar-refractivity contribution is 5.95. The van der Waals surface area contributed by atoms with Crippen molar-refractivity contribution in [2.45, 2.75) is 63.5 Å². The predicted molar refractivity (Wildman–Crippen MR) is 153 cm³/mol. The molecule has 3 aromatic carbocycles. The monoisotopic (exact) mass is 598 g/mol. The molecule has 3 N–H and O–H groups in total. The van der Waals surface area contributed by atoms with Crippen LogP contribution in [0.4, 0.5) is 18.9 Å². The van der Waals surface area contributed by atoms with Gasteiger partial charge in [0.2, 0.25) is 5.91 Å². The zero-order valence-electron chi connectivity index (χ0n) is 23.3. The highest BCUT2D eigenvalue weighted by Gasteiger charge is 2.31. The molecular formula is C32H33F3N2O6. The molecule has 2 amide bonds. The summed E-state index contributed by atoms with van der Waals surface area (Å²) in [6, 6.07) is 19.4. The lowest BCUT2D eigenvalue weighted by molar-refractivity contribution is -0.274. The van der Waals surface area contributed by atoms with Gasteiger partial charge in [-0.2, -0.15) is 0 Å². The van der Waals surface area contributed by atoms with E-state index in [0.717, 1.165) is 12.8 Å². The molecule has 1 atom stereocenters. The van der Waals surface area contributed by atoms with Crippen LogP contribution in [-0.2, 0) is 22.6 Å². The number of ether oxygens (including phenoxy) is 1. The van der Waals surface area contributed by atoms with E-state index in [2.05, 4.69) is 10.1 Å². The molecule has 43 heavy (non-hydrogen) atoms. The molecule has 228 valence electrons. The molecule has 3 aromatic rings. The lowest BCUT2D eigenvalue weighted by Gasteiger charge is -2.26. The van der Waals surface area contributed by atoms with Gasteiger partial charge >= 0.3 is 12.3 Å². The Hall–Kier alpha value is -4.38. The second-order valence-corrected chi connectivity index (χ2v) is 10.5. The Morgan fingerprint density at radius 3 is 2.07 bits per heavy atom. The first kappa shape index (κ1) is 31.6. The van der Waals surface area contributed by atoms with Crippen molar-refractivity contribution in [3.05, 3.63) is 95.1 Å². The Bertz CT molecular complexity index is 1390. The second-order valence-electron chi connectivity index (χ2n) is 10.5. The number of aliphatic hydroxyl groups excluding tert-OH is 1. The zero-order valence-corrected chi connectivity index (χ0v) is 23.3. The largest absolute Gasteiger partial charge is 0.573 e. The maximum Gasteiger partial charge on any atom is 0.573 e. The molecule has 0 bridgehead atoms. The highest BCUT2D eigenvalue weighted by atomic mass is 19.4. The van der Waals surface area contributed by atoms with Gasteiger partial charge in [-0.15, -0.1) is 13.2 Å². The summed E-state index contributed by atoms with van der Waals surface area (Å²) in [4.78, 5) is 38.3. The fraction of sp³-hybridized carbons (Fsp3) is 0.344. The van der Waals surface area contributed by atoms with Crippen LogP contribution in [0.2, 0.25) is 0 Å². The number of hydrogen-bond donors (Lipinski definition) is 3. The number of amides is 2. The van der Waals surface area contributed by atoms with Crippen LogP contribution < -0.4 is 15.0 Å². The van der Waals surface area contributed by atoms with Gasteiger partial charge in [0.15, 0.2) is 6.10 Å². The summed E-state index contributed by atoms with van der Waals surface area (Å²) in [5.74, 6) is -2.17. The van der Waals surface area contributed by atoms with Crippen molar-refractivity contribution in [1.82, 2.24) is 5.32 Å². The molecule has 1 aliphatic rings. The molecule has 0 radical (unpaired) electrons. The number of carboxylic acid groups (broad SMARTS) is 1. The van der Waals surface area contributed by atoms with Crippen LogP contribution in [-0.4, -0.2) is 47.0 Å². The van der Waals surface area contributed by atoms with Crippen molar-refractivity contribution >= 4 is 23.5 Å². The molecule has 4 rings (SSSR count). The molecule has 0 heterocycles. The third-order valence-corrected chi connectivity index (χ3v) is 7.39. The van der Waals surface area contributed by atoms with Gasteiger partial charge in [0.1, 0.15) is 5.75 Å². The minimum Gasteiger partial charge on any atom is -0.479 e. The van der Waals surface area contributed by atoms with Gasteiger partial charge < -0.3 is 25.2 Å². The van der Waals surface area contributed by atoms with E-state index < -0.39 is 30.9 Å². The first-order valence-electron chi connectivity index (χ1n) is 14.0. The number of alkyl halides is 3. The summed E-state index contributed by atoms with van der Waals surface area (Å²) in [5.41, 5.74) is 3.35. The summed E-state index contributed by atoms with van der Waals surface area (Å²) in [7, 11) is 0. The fourth-order valence-corrected chi connectivity index (χ4v) is 5.09. The maximum absolute atomic E-state index is 13.6. The number of aliphatic hydroxyl groups is 1. The van der Waals surface area contributed by atoms with Gasteiger partial charge in [-0.3, -0.25) is 9.59 Å². The zero-order chi connectivity index (χ0) is 31.0. The van der Waals surface area contributed by atoms with E-state index in [-0.39, 0.29) is 30.2 Å². The lowest BCUT2D eigenvalue weighted by atomic mass is 9.84. The van der Waals surface area contributed by atoms with Gasteiger partial charge in [0, 0.05) is 11.3 Å². The summed E-state index contributed by atoms with van der Waals surface area (Å²) in [6.45, 7) is -0.283. The molecule has 0 spiro atoms. The van der Waals surface area contributed by atoms with Crippen molar-refractivity contribution in [2.24, 2.45) is 0 Å². The van der Waals surface area contributed by atoms with Crippen LogP contribution in [0.15, 0.2) is 72.8 Å². The predicted octanol–water partition coefficient (Wildman–Crippen LogP) is 5.58. The second kappa shape index (κ2) is 14.2. The molecule has 0 saturated heterocycles. The summed E-state index contributed by atoms with van der Waals surface area (Å²) >= 11 is 0. The maximum atomic E-state index is 13.6. The molecule has 1 aliphatic carbocycles. The van der Waals surface area contributed by atoms with Crippen LogP contribution in [0, 0.1) is 0 Å². The van der Waals surface area contributed by atoms with Gasteiger partial charge in [0.25, 0.3) is 5.91 Å². The van der Waals surface area contributed by atoms with E-state index in [1.54, 1.807) is 17.0 Å². The minimum atomic E-state index is -4.81. The fourth-order valence-electron chi connectivity index (χ4n) is 5.09. The number of halogens is 3. The molecule has 8 nitrogen and oxygen atoms in total. The first-order chi connectivity index (χ1) is 20.5. The molecule has 11 heteroatoms. The van der Waals surface area contributed by atoms with Gasteiger partial charge in [0.05, 0.1) is 19.5 Å². The van der Waals surface area contributed by atoms with Crippen molar-refractivity contribution in [3.8, 4) is 5.75 Å². The Labute approximate surface area is 247 Å². The van der Waals surface area contributed by atoms with Crippen molar-refractivity contribution in [1.29, 1.82) is 0 Å². The summed E-state index contributed by atoms with van der Waals surface area (Å²) in [5, 5.41) is 20.5. The first-order valence-corrected chi connectivity index (χ1v) is 14.0. The third-order valence-electron chi connectivity index (χ3n) is 7.39. The van der Waals surface area contributed by atoms with E-state index in [0.29, 0.717) is 22.7 Å². The van der Waals surface area contributed by atoms with Crippen molar-refractivity contribution in [2.75, 3.05) is 11.4 Å². The quantitative estimate of drug-likeness (QED) is 0.265. The average molecular weight is 599 g/mol. The Kier molecular flexibility index (Phi) is 10.4. The van der Waals surface area contributed by atoms with Crippen molar-refractivity contribution < 1.29 is 42.5 Å². The number of rotatable bonds is 11.